The van der Waals surface area contributed by atoms with E-state index < -0.39 is 5.82 Å². The van der Waals surface area contributed by atoms with Crippen molar-refractivity contribution in [2.24, 2.45) is 0 Å². The number of likely N-dealkylation sites (tertiary alicyclic amines) is 1. The fraction of sp³-hybridized carbons (Fsp3) is 0.385. The molecule has 1 saturated heterocycles. The summed E-state index contributed by atoms with van der Waals surface area (Å²) >= 11 is 0. The number of rotatable bonds is 7. The maximum atomic E-state index is 14.4. The van der Waals surface area contributed by atoms with E-state index in [0.29, 0.717) is 41.0 Å². The van der Waals surface area contributed by atoms with E-state index in [4.69, 9.17) is 9.47 Å². The number of aromatic nitrogens is 2. The lowest BCUT2D eigenvalue weighted by molar-refractivity contribution is 0.0944. The molecule has 35 heavy (non-hydrogen) atoms. The van der Waals surface area contributed by atoms with Gasteiger partial charge in [0.05, 0.1) is 35.9 Å². The third-order valence-electron chi connectivity index (χ3n) is 7.32. The Balaban J connectivity index is 1.43. The van der Waals surface area contributed by atoms with Crippen LogP contribution in [0.2, 0.25) is 0 Å². The number of pyridine rings is 1. The van der Waals surface area contributed by atoms with Gasteiger partial charge >= 0.3 is 0 Å². The lowest BCUT2D eigenvalue weighted by atomic mass is 10.0. The predicted octanol–water partition coefficient (Wildman–Crippen LogP) is 4.04. The van der Waals surface area contributed by atoms with Gasteiger partial charge in [0.1, 0.15) is 12.4 Å². The number of fused-ring (bicyclic) bond motifs is 3. The van der Waals surface area contributed by atoms with Crippen LogP contribution in [0.1, 0.15) is 41.2 Å². The van der Waals surface area contributed by atoms with Crippen molar-refractivity contribution in [3.63, 3.8) is 0 Å². The Morgan fingerprint density at radius 3 is 3.00 bits per heavy atom. The number of anilines is 2. The third kappa shape index (κ3) is 3.80. The topological polar surface area (TPSA) is 91.5 Å². The van der Waals surface area contributed by atoms with Crippen LogP contribution in [0.25, 0.3) is 11.3 Å². The second-order valence-electron chi connectivity index (χ2n) is 9.49. The van der Waals surface area contributed by atoms with E-state index in [0.717, 1.165) is 37.1 Å². The highest BCUT2D eigenvalue weighted by molar-refractivity contribution is 6.07. The van der Waals surface area contributed by atoms with Gasteiger partial charge in [0.25, 0.3) is 5.91 Å². The van der Waals surface area contributed by atoms with Crippen LogP contribution in [0.5, 0.6) is 11.5 Å². The van der Waals surface area contributed by atoms with Crippen molar-refractivity contribution in [3.05, 3.63) is 53.7 Å². The fourth-order valence-corrected chi connectivity index (χ4v) is 5.30. The molecule has 9 heteroatoms. The first kappa shape index (κ1) is 21.9. The molecule has 1 aliphatic carbocycles. The van der Waals surface area contributed by atoms with E-state index in [9.17, 15) is 9.18 Å². The number of para-hydroxylation sites is 1. The van der Waals surface area contributed by atoms with Crippen LogP contribution in [-0.4, -0.2) is 60.2 Å². The molecule has 4 heterocycles. The molecular formula is C26H28FN5O3. The summed E-state index contributed by atoms with van der Waals surface area (Å²) in [6.45, 7) is 1.62. The van der Waals surface area contributed by atoms with Crippen LogP contribution < -0.4 is 20.1 Å². The number of hydrogen-bond donors (Lipinski definition) is 3. The first-order valence-electron chi connectivity index (χ1n) is 12.0. The summed E-state index contributed by atoms with van der Waals surface area (Å²) in [5, 5.41) is 6.37. The van der Waals surface area contributed by atoms with Crippen LogP contribution in [0, 0.1) is 5.82 Å². The van der Waals surface area contributed by atoms with Gasteiger partial charge in [-0.1, -0.05) is 6.07 Å². The van der Waals surface area contributed by atoms with Crippen molar-refractivity contribution >= 4 is 17.3 Å². The van der Waals surface area contributed by atoms with Crippen LogP contribution in [0.3, 0.4) is 0 Å². The number of likely N-dealkylation sites (N-methyl/N-ethyl adjacent to an activating group) is 1. The van der Waals surface area contributed by atoms with Gasteiger partial charge in [-0.3, -0.25) is 9.78 Å². The Labute approximate surface area is 202 Å². The van der Waals surface area contributed by atoms with Gasteiger partial charge in [-0.15, -0.1) is 0 Å². The average Bonchev–Trinajstić information content (AvgIpc) is 3.35. The SMILES string of the molecule is COc1c(F)cccc1Nc1c(-c2ccncc2OC[C@H]2CCCN2C)[nH]c2c1C(=O)N[C@@H]1C[C@H]21. The number of halogens is 1. The number of H-pyrrole nitrogens is 1. The first-order chi connectivity index (χ1) is 17.0. The minimum absolute atomic E-state index is 0.0874. The van der Waals surface area contributed by atoms with Crippen LogP contribution in [-0.2, 0) is 0 Å². The summed E-state index contributed by atoms with van der Waals surface area (Å²) in [5.74, 6) is 0.328. The quantitative estimate of drug-likeness (QED) is 0.476. The molecule has 0 unspecified atom stereocenters. The van der Waals surface area contributed by atoms with Gasteiger partial charge in [0.15, 0.2) is 11.6 Å². The Morgan fingerprint density at radius 2 is 2.20 bits per heavy atom. The number of carbonyl (C=O) groups is 1. The van der Waals surface area contributed by atoms with Crippen LogP contribution in [0.15, 0.2) is 36.7 Å². The van der Waals surface area contributed by atoms with Gasteiger partial charge in [-0.2, -0.15) is 0 Å². The summed E-state index contributed by atoms with van der Waals surface area (Å²) in [6.07, 6.45) is 6.56. The molecule has 6 rings (SSSR count). The van der Waals surface area contributed by atoms with Gasteiger partial charge < -0.3 is 30.0 Å². The molecule has 182 valence electrons. The van der Waals surface area contributed by atoms with Gasteiger partial charge in [0.2, 0.25) is 0 Å². The number of nitrogens with one attached hydrogen (secondary N) is 3. The summed E-state index contributed by atoms with van der Waals surface area (Å²) in [7, 11) is 3.54. The number of benzene rings is 1. The Kier molecular flexibility index (Phi) is 5.36. The first-order valence-corrected chi connectivity index (χ1v) is 12.0. The monoisotopic (exact) mass is 477 g/mol. The molecular weight excluding hydrogens is 449 g/mol. The largest absolute Gasteiger partial charge is 0.492 e. The number of aromatic amines is 1. The molecule has 0 bridgehead atoms. The number of ether oxygens (including phenoxy) is 2. The van der Waals surface area contributed by atoms with E-state index >= 15 is 0 Å². The van der Waals surface area contributed by atoms with E-state index in [1.54, 1.807) is 24.5 Å². The summed E-state index contributed by atoms with van der Waals surface area (Å²) in [4.78, 5) is 23.2. The molecule has 2 aromatic heterocycles. The zero-order valence-corrected chi connectivity index (χ0v) is 19.7. The van der Waals surface area contributed by atoms with Crippen molar-refractivity contribution in [1.82, 2.24) is 20.2 Å². The highest BCUT2D eigenvalue weighted by Gasteiger charge is 2.48. The normalized spacial score (nSPS) is 22.8. The Hall–Kier alpha value is -3.59. The lowest BCUT2D eigenvalue weighted by Gasteiger charge is -2.21. The van der Waals surface area contributed by atoms with Gasteiger partial charge in [-0.25, -0.2) is 4.39 Å². The third-order valence-corrected chi connectivity index (χ3v) is 7.32. The molecule has 0 spiro atoms. The maximum Gasteiger partial charge on any atom is 0.255 e. The second-order valence-corrected chi connectivity index (χ2v) is 9.49. The van der Waals surface area contributed by atoms with Crippen molar-refractivity contribution in [2.45, 2.75) is 37.3 Å². The number of hydrogen-bond acceptors (Lipinski definition) is 6. The highest BCUT2D eigenvalue weighted by Crippen LogP contribution is 2.51. The number of carbonyl (C=O) groups excluding carboxylic acids is 1. The standard InChI is InChI=1S/C26H28FN5O3/c1-32-10-4-5-14(32)13-35-20-12-28-9-8-15(20)23-24(29-18-7-3-6-17(27)25(18)34-2)21-22(31-23)16-11-19(16)30-26(21)33/h3,6-9,12,14,16,19,29,31H,4-5,10-11,13H2,1-2H3,(H,30,33)/t14-,16+,19-/m1/s1. The minimum Gasteiger partial charge on any atom is -0.492 e. The highest BCUT2D eigenvalue weighted by atomic mass is 19.1. The Morgan fingerprint density at radius 1 is 1.31 bits per heavy atom. The fourth-order valence-electron chi connectivity index (χ4n) is 5.30. The van der Waals surface area contributed by atoms with Gasteiger partial charge in [-0.05, 0) is 51.1 Å². The predicted molar refractivity (Wildman–Crippen MR) is 130 cm³/mol. The summed E-state index contributed by atoms with van der Waals surface area (Å²) in [6, 6.07) is 7.06. The van der Waals surface area contributed by atoms with Crippen molar-refractivity contribution in [2.75, 3.05) is 32.6 Å². The smallest absolute Gasteiger partial charge is 0.255 e. The molecule has 3 aliphatic rings. The molecule has 2 fully saturated rings. The van der Waals surface area contributed by atoms with Crippen molar-refractivity contribution in [3.8, 4) is 22.8 Å². The van der Waals surface area contributed by atoms with Crippen LogP contribution in [0.4, 0.5) is 15.8 Å². The van der Waals surface area contributed by atoms with E-state index in [1.165, 1.54) is 13.2 Å². The average molecular weight is 478 g/mol. The minimum atomic E-state index is -0.483. The molecule has 3 N–H and O–H groups in total. The molecule has 1 saturated carbocycles. The number of methoxy groups -OCH3 is 1. The number of amides is 1. The maximum absolute atomic E-state index is 14.4. The Bertz CT molecular complexity index is 1290. The van der Waals surface area contributed by atoms with Crippen LogP contribution >= 0.6 is 0 Å². The second kappa shape index (κ2) is 8.57. The summed E-state index contributed by atoms with van der Waals surface area (Å²) < 4.78 is 26.0. The zero-order valence-electron chi connectivity index (χ0n) is 19.7. The molecule has 3 atom stereocenters. The zero-order chi connectivity index (χ0) is 24.1. The van der Waals surface area contributed by atoms with Gasteiger partial charge in [0, 0.05) is 35.5 Å². The molecule has 2 aliphatic heterocycles. The summed E-state index contributed by atoms with van der Waals surface area (Å²) in [5.41, 5.74) is 3.94. The lowest BCUT2D eigenvalue weighted by Crippen LogP contribution is -2.31. The van der Waals surface area contributed by atoms with E-state index in [1.807, 2.05) is 6.07 Å². The molecule has 3 aromatic rings. The van der Waals surface area contributed by atoms with E-state index in [-0.39, 0.29) is 23.6 Å². The molecule has 1 aromatic carbocycles. The number of nitrogens with zero attached hydrogens (tertiary/aromatic N) is 2. The van der Waals surface area contributed by atoms with Crippen molar-refractivity contribution in [1.29, 1.82) is 0 Å². The molecule has 0 radical (unpaired) electrons. The molecule has 1 amide bonds. The molecule has 8 nitrogen and oxygen atoms in total. The van der Waals surface area contributed by atoms with Crippen molar-refractivity contribution < 1.29 is 18.7 Å². The van der Waals surface area contributed by atoms with E-state index in [2.05, 4.69) is 32.5 Å².